The van der Waals surface area contributed by atoms with Crippen molar-refractivity contribution in [3.05, 3.63) is 48.2 Å². The second kappa shape index (κ2) is 12.9. The van der Waals surface area contributed by atoms with Crippen LogP contribution in [-0.4, -0.2) is 11.0 Å². The summed E-state index contributed by atoms with van der Waals surface area (Å²) in [6.07, 6.45) is 13.1. The number of pyridine rings is 1. The zero-order valence-electron chi connectivity index (χ0n) is 19.3. The summed E-state index contributed by atoms with van der Waals surface area (Å²) >= 11 is 0. The second-order valence-electron chi connectivity index (χ2n) is 8.53. The van der Waals surface area contributed by atoms with Crippen LogP contribution in [0.3, 0.4) is 0 Å². The van der Waals surface area contributed by atoms with E-state index in [9.17, 15) is 10.1 Å². The first kappa shape index (κ1) is 24.6. The van der Waals surface area contributed by atoms with Crippen molar-refractivity contribution in [1.29, 1.82) is 5.26 Å². The molecule has 0 aliphatic heterocycles. The number of nitrogens with zero attached hydrogens (tertiary/aromatic N) is 2. The summed E-state index contributed by atoms with van der Waals surface area (Å²) in [6.45, 7) is 5.93. The summed E-state index contributed by atoms with van der Waals surface area (Å²) in [4.78, 5) is 17.1. The van der Waals surface area contributed by atoms with Gasteiger partial charge >= 0.3 is 5.97 Å². The molecule has 0 saturated heterocycles. The lowest BCUT2D eigenvalue weighted by molar-refractivity contribution is -0.142. The number of hydrogen-bond donors (Lipinski definition) is 0. The van der Waals surface area contributed by atoms with Gasteiger partial charge in [0, 0.05) is 11.8 Å². The second-order valence-corrected chi connectivity index (χ2v) is 8.53. The molecule has 0 aliphatic carbocycles. The normalized spacial score (nSPS) is 12.7. The van der Waals surface area contributed by atoms with Crippen molar-refractivity contribution in [2.24, 2.45) is 5.41 Å². The van der Waals surface area contributed by atoms with Crippen LogP contribution in [0.2, 0.25) is 0 Å². The molecule has 4 heteroatoms. The fourth-order valence-electron chi connectivity index (χ4n) is 3.50. The lowest BCUT2D eigenvalue weighted by atomic mass is 9.87. The molecule has 0 fully saturated rings. The number of rotatable bonds is 13. The molecular formula is C27H36N2O2. The van der Waals surface area contributed by atoms with Crippen LogP contribution in [-0.2, 0) is 11.2 Å². The number of aromatic nitrogens is 1. The number of hydrogen-bond acceptors (Lipinski definition) is 4. The largest absolute Gasteiger partial charge is 0.425 e. The molecule has 0 aliphatic rings. The van der Waals surface area contributed by atoms with Gasteiger partial charge in [0.1, 0.15) is 5.75 Å². The number of unbranched alkanes of at least 4 members (excludes halogenated alkanes) is 6. The van der Waals surface area contributed by atoms with E-state index in [0.717, 1.165) is 30.5 Å². The summed E-state index contributed by atoms with van der Waals surface area (Å²) in [5.41, 5.74) is 2.03. The number of carbonyl (C=O) groups is 1. The van der Waals surface area contributed by atoms with Crippen LogP contribution in [0.25, 0.3) is 11.3 Å². The van der Waals surface area contributed by atoms with Crippen LogP contribution in [0.5, 0.6) is 5.75 Å². The molecule has 0 amide bonds. The van der Waals surface area contributed by atoms with E-state index in [4.69, 9.17) is 4.74 Å². The third kappa shape index (κ3) is 7.83. The minimum Gasteiger partial charge on any atom is -0.425 e. The monoisotopic (exact) mass is 420 g/mol. The molecule has 2 aromatic rings. The number of esters is 1. The average molecular weight is 421 g/mol. The van der Waals surface area contributed by atoms with Crippen molar-refractivity contribution in [3.63, 3.8) is 0 Å². The molecule has 0 saturated carbocycles. The molecule has 1 aromatic carbocycles. The minimum absolute atomic E-state index is 0.450. The van der Waals surface area contributed by atoms with E-state index in [1.54, 1.807) is 19.1 Å². The Labute approximate surface area is 187 Å². The molecule has 4 nitrogen and oxygen atoms in total. The predicted octanol–water partition coefficient (Wildman–Crippen LogP) is 7.28. The molecular weight excluding hydrogens is 384 g/mol. The van der Waals surface area contributed by atoms with Gasteiger partial charge < -0.3 is 4.74 Å². The van der Waals surface area contributed by atoms with Gasteiger partial charge in [0.15, 0.2) is 5.41 Å². The maximum atomic E-state index is 12.5. The third-order valence-corrected chi connectivity index (χ3v) is 5.73. The molecule has 0 radical (unpaired) electrons. The quantitative estimate of drug-likeness (QED) is 0.194. The van der Waals surface area contributed by atoms with Gasteiger partial charge in [-0.15, -0.1) is 0 Å². The summed E-state index contributed by atoms with van der Waals surface area (Å²) in [7, 11) is 0. The van der Waals surface area contributed by atoms with Gasteiger partial charge in [-0.2, -0.15) is 5.26 Å². The van der Waals surface area contributed by atoms with E-state index >= 15 is 0 Å². The van der Waals surface area contributed by atoms with E-state index in [-0.39, 0.29) is 0 Å². The molecule has 31 heavy (non-hydrogen) atoms. The third-order valence-electron chi connectivity index (χ3n) is 5.73. The maximum absolute atomic E-state index is 12.5. The SMILES string of the molecule is CCCCCCCCc1ccc(-c2ccc(OC(=O)C(C)(C#N)CCCC)cc2)nc1. The van der Waals surface area contributed by atoms with Gasteiger partial charge in [-0.3, -0.25) is 4.98 Å². The van der Waals surface area contributed by atoms with E-state index in [1.165, 1.54) is 44.1 Å². The van der Waals surface area contributed by atoms with Crippen LogP contribution in [0.1, 0.15) is 84.1 Å². The van der Waals surface area contributed by atoms with E-state index < -0.39 is 11.4 Å². The molecule has 1 aromatic heterocycles. The first-order chi connectivity index (χ1) is 15.0. The first-order valence-electron chi connectivity index (χ1n) is 11.7. The van der Waals surface area contributed by atoms with Crippen LogP contribution in [0.4, 0.5) is 0 Å². The molecule has 166 valence electrons. The van der Waals surface area contributed by atoms with Gasteiger partial charge in [0.2, 0.25) is 0 Å². The molecule has 0 N–H and O–H groups in total. The van der Waals surface area contributed by atoms with Crippen LogP contribution in [0.15, 0.2) is 42.6 Å². The molecule has 1 atom stereocenters. The van der Waals surface area contributed by atoms with Gasteiger partial charge in [-0.1, -0.05) is 64.9 Å². The van der Waals surface area contributed by atoms with Crippen molar-refractivity contribution < 1.29 is 9.53 Å². The summed E-state index contributed by atoms with van der Waals surface area (Å²) < 4.78 is 5.47. The Morgan fingerprint density at radius 1 is 0.968 bits per heavy atom. The van der Waals surface area contributed by atoms with Crippen molar-refractivity contribution in [1.82, 2.24) is 4.98 Å². The van der Waals surface area contributed by atoms with Gasteiger partial charge in [-0.25, -0.2) is 4.79 Å². The highest BCUT2D eigenvalue weighted by atomic mass is 16.5. The average Bonchev–Trinajstić information content (AvgIpc) is 2.80. The van der Waals surface area contributed by atoms with Crippen molar-refractivity contribution in [2.75, 3.05) is 0 Å². The maximum Gasteiger partial charge on any atom is 0.331 e. The number of nitriles is 1. The number of benzene rings is 1. The Kier molecular flexibility index (Phi) is 10.2. The zero-order valence-corrected chi connectivity index (χ0v) is 19.3. The van der Waals surface area contributed by atoms with Crippen molar-refractivity contribution in [3.8, 4) is 23.1 Å². The Balaban J connectivity index is 1.90. The van der Waals surface area contributed by atoms with Crippen LogP contribution < -0.4 is 4.74 Å². The Hall–Kier alpha value is -2.67. The first-order valence-corrected chi connectivity index (χ1v) is 11.7. The summed E-state index contributed by atoms with van der Waals surface area (Å²) in [6, 6.07) is 13.6. The number of ether oxygens (including phenoxy) is 1. The minimum atomic E-state index is -1.11. The topological polar surface area (TPSA) is 63.0 Å². The smallest absolute Gasteiger partial charge is 0.331 e. The fourth-order valence-corrected chi connectivity index (χ4v) is 3.50. The Morgan fingerprint density at radius 2 is 1.65 bits per heavy atom. The van der Waals surface area contributed by atoms with Gasteiger partial charge in [0.25, 0.3) is 0 Å². The van der Waals surface area contributed by atoms with E-state index in [2.05, 4.69) is 24.0 Å². The summed E-state index contributed by atoms with van der Waals surface area (Å²) in [5, 5.41) is 9.42. The Bertz CT molecular complexity index is 837. The van der Waals surface area contributed by atoms with Crippen molar-refractivity contribution >= 4 is 5.97 Å². The van der Waals surface area contributed by atoms with Gasteiger partial charge in [-0.05, 0) is 62.1 Å². The molecule has 2 rings (SSSR count). The van der Waals surface area contributed by atoms with E-state index in [0.29, 0.717) is 12.2 Å². The van der Waals surface area contributed by atoms with Gasteiger partial charge in [0.05, 0.1) is 11.8 Å². The molecule has 0 bridgehead atoms. The Morgan fingerprint density at radius 3 is 2.26 bits per heavy atom. The van der Waals surface area contributed by atoms with Crippen LogP contribution >= 0.6 is 0 Å². The molecule has 0 spiro atoms. The summed E-state index contributed by atoms with van der Waals surface area (Å²) in [5.74, 6) is -0.0419. The molecule has 1 unspecified atom stereocenters. The predicted molar refractivity (Wildman–Crippen MR) is 126 cm³/mol. The fraction of sp³-hybridized carbons (Fsp3) is 0.519. The standard InChI is InChI=1S/C27H36N2O2/c1-4-6-8-9-10-11-12-22-13-18-25(29-20-22)23-14-16-24(17-15-23)31-26(30)27(3,21-28)19-7-5-2/h13-18,20H,4-12,19H2,1-3H3. The molecule has 1 heterocycles. The number of aryl methyl sites for hydroxylation is 1. The van der Waals surface area contributed by atoms with E-state index in [1.807, 2.05) is 31.3 Å². The highest BCUT2D eigenvalue weighted by Crippen LogP contribution is 2.27. The lowest BCUT2D eigenvalue weighted by Crippen LogP contribution is -2.30. The lowest BCUT2D eigenvalue weighted by Gasteiger charge is -2.19. The van der Waals surface area contributed by atoms with Crippen LogP contribution in [0, 0.1) is 16.7 Å². The number of carbonyl (C=O) groups excluding carboxylic acids is 1. The highest BCUT2D eigenvalue weighted by Gasteiger charge is 2.34. The zero-order chi connectivity index (χ0) is 22.5. The highest BCUT2D eigenvalue weighted by molar-refractivity contribution is 5.81. The van der Waals surface area contributed by atoms with Crippen molar-refractivity contribution in [2.45, 2.75) is 85.0 Å².